The molecule has 9 aromatic rings. The van der Waals surface area contributed by atoms with Crippen LogP contribution < -0.4 is 0 Å². The second-order valence-corrected chi connectivity index (χ2v) is 11.3. The van der Waals surface area contributed by atoms with Crippen LogP contribution in [-0.2, 0) is 6.42 Å². The van der Waals surface area contributed by atoms with E-state index in [1.54, 1.807) is 0 Å². The minimum absolute atomic E-state index is 0.839. The first-order valence-corrected chi connectivity index (χ1v) is 15.2. The predicted octanol–water partition coefficient (Wildman–Crippen LogP) is 11.1. The largest absolute Gasteiger partial charge is 0.456 e. The summed E-state index contributed by atoms with van der Waals surface area (Å²) in [6, 6.07) is 49.7. The molecule has 44 heavy (non-hydrogen) atoms. The van der Waals surface area contributed by atoms with Crippen molar-refractivity contribution in [2.45, 2.75) is 13.3 Å². The molecule has 3 heteroatoms. The first-order valence-electron chi connectivity index (χ1n) is 15.2. The molecule has 0 aliphatic carbocycles. The number of aryl methyl sites for hydroxylation is 1. The Morgan fingerprint density at radius 3 is 1.80 bits per heavy atom. The molecule has 0 bridgehead atoms. The summed E-state index contributed by atoms with van der Waals surface area (Å²) in [6.07, 6.45) is 0.839. The van der Waals surface area contributed by atoms with E-state index in [4.69, 9.17) is 9.40 Å². The van der Waals surface area contributed by atoms with Crippen molar-refractivity contribution in [3.63, 3.8) is 0 Å². The number of furan rings is 1. The zero-order valence-corrected chi connectivity index (χ0v) is 24.3. The predicted molar refractivity (Wildman–Crippen MR) is 184 cm³/mol. The fourth-order valence-corrected chi connectivity index (χ4v) is 7.15. The third kappa shape index (κ3) is 3.53. The van der Waals surface area contributed by atoms with Gasteiger partial charge in [-0.05, 0) is 68.6 Å². The van der Waals surface area contributed by atoms with E-state index < -0.39 is 0 Å². The molecule has 0 aliphatic heterocycles. The zero-order chi connectivity index (χ0) is 29.2. The van der Waals surface area contributed by atoms with E-state index in [1.807, 2.05) is 6.07 Å². The highest BCUT2D eigenvalue weighted by Gasteiger charge is 2.22. The topological polar surface area (TPSA) is 31.0 Å². The molecule has 0 spiro atoms. The molecule has 0 saturated carbocycles. The molecule has 0 saturated heterocycles. The van der Waals surface area contributed by atoms with Crippen molar-refractivity contribution >= 4 is 54.5 Å². The van der Waals surface area contributed by atoms with Crippen LogP contribution in [-0.4, -0.2) is 9.55 Å². The van der Waals surface area contributed by atoms with Crippen LogP contribution in [0.5, 0.6) is 0 Å². The number of aromatic nitrogens is 2. The highest BCUT2D eigenvalue weighted by atomic mass is 16.3. The maximum Gasteiger partial charge on any atom is 0.136 e. The highest BCUT2D eigenvalue weighted by molar-refractivity contribution is 6.26. The molecular formula is C41H28N2O. The number of para-hydroxylation sites is 4. The third-order valence-corrected chi connectivity index (χ3v) is 8.96. The van der Waals surface area contributed by atoms with Crippen LogP contribution in [0.2, 0.25) is 0 Å². The first-order chi connectivity index (χ1) is 21.8. The monoisotopic (exact) mass is 564 g/mol. The Balaban J connectivity index is 1.43. The van der Waals surface area contributed by atoms with Crippen molar-refractivity contribution in [2.24, 2.45) is 0 Å². The molecule has 2 heterocycles. The van der Waals surface area contributed by atoms with Gasteiger partial charge in [0.2, 0.25) is 0 Å². The Labute approximate surface area is 254 Å². The third-order valence-electron chi connectivity index (χ3n) is 8.96. The fraction of sp³-hybridized carbons (Fsp3) is 0.0488. The lowest BCUT2D eigenvalue weighted by Crippen LogP contribution is -2.03. The first kappa shape index (κ1) is 24.9. The van der Waals surface area contributed by atoms with E-state index in [0.29, 0.717) is 0 Å². The minimum atomic E-state index is 0.839. The van der Waals surface area contributed by atoms with E-state index in [2.05, 4.69) is 145 Å². The molecule has 2 aromatic heterocycles. The van der Waals surface area contributed by atoms with Gasteiger partial charge < -0.3 is 4.42 Å². The van der Waals surface area contributed by atoms with Crippen LogP contribution >= 0.6 is 0 Å². The lowest BCUT2D eigenvalue weighted by molar-refractivity contribution is 0.669. The quantitative estimate of drug-likeness (QED) is 0.199. The van der Waals surface area contributed by atoms with Gasteiger partial charge in [0.15, 0.2) is 0 Å². The van der Waals surface area contributed by atoms with Crippen LogP contribution in [0, 0.1) is 0 Å². The van der Waals surface area contributed by atoms with Gasteiger partial charge in [0.05, 0.1) is 16.7 Å². The van der Waals surface area contributed by atoms with E-state index in [0.717, 1.165) is 50.9 Å². The number of hydrogen-bond acceptors (Lipinski definition) is 2. The average molecular weight is 565 g/mol. The summed E-state index contributed by atoms with van der Waals surface area (Å²) in [6.45, 7) is 2.18. The maximum absolute atomic E-state index is 6.34. The summed E-state index contributed by atoms with van der Waals surface area (Å²) in [5.41, 5.74) is 9.95. The van der Waals surface area contributed by atoms with Crippen molar-refractivity contribution in [1.82, 2.24) is 9.55 Å². The lowest BCUT2D eigenvalue weighted by Gasteiger charge is -2.21. The molecule has 0 aliphatic rings. The molecule has 0 unspecified atom stereocenters. The van der Waals surface area contributed by atoms with E-state index in [9.17, 15) is 0 Å². The Morgan fingerprint density at radius 2 is 1.07 bits per heavy atom. The maximum atomic E-state index is 6.34. The Kier molecular flexibility index (Phi) is 5.48. The van der Waals surface area contributed by atoms with Gasteiger partial charge in [-0.3, -0.25) is 4.57 Å². The molecular weight excluding hydrogens is 536 g/mol. The summed E-state index contributed by atoms with van der Waals surface area (Å²) in [5, 5.41) is 7.19. The summed E-state index contributed by atoms with van der Waals surface area (Å²) in [5.74, 6) is 1.06. The average Bonchev–Trinajstić information content (AvgIpc) is 3.66. The molecule has 0 atom stereocenters. The number of nitrogens with zero attached hydrogens (tertiary/aromatic N) is 2. The van der Waals surface area contributed by atoms with Gasteiger partial charge in [0, 0.05) is 22.8 Å². The van der Waals surface area contributed by atoms with Crippen LogP contribution in [0.1, 0.15) is 12.7 Å². The van der Waals surface area contributed by atoms with Crippen molar-refractivity contribution < 1.29 is 4.42 Å². The number of imidazole rings is 1. The number of benzene rings is 7. The summed E-state index contributed by atoms with van der Waals surface area (Å²) < 4.78 is 8.68. The standard InChI is InChI=1S/C41H28N2O/c1-2-38-42-33-21-9-11-23-35(33)43(38)34-22-10-7-18-30(34)39-26-14-3-5-16-28(26)40(29-17-6-4-15-27(29)39)32-20-13-25-37-41(32)31-19-8-12-24-36(31)44-37/h3-25H,2H2,1H3. The fourth-order valence-electron chi connectivity index (χ4n) is 7.15. The van der Waals surface area contributed by atoms with Crippen molar-refractivity contribution in [2.75, 3.05) is 0 Å². The zero-order valence-electron chi connectivity index (χ0n) is 24.3. The van der Waals surface area contributed by atoms with E-state index in [1.165, 1.54) is 43.8 Å². The highest BCUT2D eigenvalue weighted by Crippen LogP contribution is 2.47. The normalized spacial score (nSPS) is 11.8. The molecule has 7 aromatic carbocycles. The molecule has 0 N–H and O–H groups in total. The van der Waals surface area contributed by atoms with Crippen molar-refractivity contribution in [3.05, 3.63) is 145 Å². The van der Waals surface area contributed by atoms with Crippen molar-refractivity contribution in [1.29, 1.82) is 0 Å². The van der Waals surface area contributed by atoms with Gasteiger partial charge in [-0.15, -0.1) is 0 Å². The van der Waals surface area contributed by atoms with Crippen LogP contribution in [0.25, 0.3) is 82.5 Å². The van der Waals surface area contributed by atoms with Gasteiger partial charge in [0.1, 0.15) is 17.0 Å². The minimum Gasteiger partial charge on any atom is -0.456 e. The molecule has 0 radical (unpaired) electrons. The van der Waals surface area contributed by atoms with Gasteiger partial charge in [-0.25, -0.2) is 4.98 Å². The summed E-state index contributed by atoms with van der Waals surface area (Å²) in [4.78, 5) is 5.02. The van der Waals surface area contributed by atoms with Crippen molar-refractivity contribution in [3.8, 4) is 27.9 Å². The number of fused-ring (bicyclic) bond motifs is 6. The Hall–Kier alpha value is -5.67. The molecule has 208 valence electrons. The second-order valence-electron chi connectivity index (χ2n) is 11.3. The summed E-state index contributed by atoms with van der Waals surface area (Å²) >= 11 is 0. The van der Waals surface area contributed by atoms with E-state index >= 15 is 0 Å². The van der Waals surface area contributed by atoms with Crippen LogP contribution in [0.15, 0.2) is 144 Å². The summed E-state index contributed by atoms with van der Waals surface area (Å²) in [7, 11) is 0. The van der Waals surface area contributed by atoms with Gasteiger partial charge in [0.25, 0.3) is 0 Å². The SMILES string of the molecule is CCc1nc2ccccc2n1-c1ccccc1-c1c2ccccc2c(-c2cccc3oc4ccccc4c23)c2ccccc12. The Bertz CT molecular complexity index is 2490. The van der Waals surface area contributed by atoms with Gasteiger partial charge in [-0.1, -0.05) is 116 Å². The van der Waals surface area contributed by atoms with E-state index in [-0.39, 0.29) is 0 Å². The second kappa shape index (κ2) is 9.68. The van der Waals surface area contributed by atoms with Crippen LogP contribution in [0.3, 0.4) is 0 Å². The Morgan fingerprint density at radius 1 is 0.523 bits per heavy atom. The smallest absolute Gasteiger partial charge is 0.136 e. The number of rotatable bonds is 4. The van der Waals surface area contributed by atoms with Crippen LogP contribution in [0.4, 0.5) is 0 Å². The molecule has 0 amide bonds. The number of hydrogen-bond donors (Lipinski definition) is 0. The molecule has 3 nitrogen and oxygen atoms in total. The van der Waals surface area contributed by atoms with Gasteiger partial charge >= 0.3 is 0 Å². The molecule has 9 rings (SSSR count). The lowest BCUT2D eigenvalue weighted by atomic mass is 9.84. The molecule has 0 fully saturated rings. The van der Waals surface area contributed by atoms with Gasteiger partial charge in [-0.2, -0.15) is 0 Å².